The number of aromatic nitrogens is 2. The summed E-state index contributed by atoms with van der Waals surface area (Å²) in [5.41, 5.74) is 7.81. The molecular weight excluding hydrogens is 246 g/mol. The number of aldehydes is 1. The smallest absolute Gasteiger partial charge is 0.168 e. The van der Waals surface area contributed by atoms with Crippen LogP contribution in [0.3, 0.4) is 0 Å². The predicted molar refractivity (Wildman–Crippen MR) is 71.5 cm³/mol. The monoisotopic (exact) mass is 261 g/mol. The van der Waals surface area contributed by atoms with E-state index < -0.39 is 0 Å². The molecule has 2 N–H and O–H groups in total. The number of nitrogens with zero attached hydrogens (tertiary/aromatic N) is 2. The van der Waals surface area contributed by atoms with Crippen LogP contribution >= 0.6 is 0 Å². The highest BCUT2D eigenvalue weighted by atomic mass is 16.5. The van der Waals surface area contributed by atoms with Crippen LogP contribution in [0.15, 0.2) is 18.3 Å². The van der Waals surface area contributed by atoms with Crippen LogP contribution in [0.5, 0.6) is 11.5 Å². The molecule has 0 amide bonds. The molecule has 1 heterocycles. The molecule has 0 aliphatic rings. The summed E-state index contributed by atoms with van der Waals surface area (Å²) in [7, 11) is 4.80. The minimum Gasteiger partial charge on any atom is -0.493 e. The highest BCUT2D eigenvalue weighted by molar-refractivity contribution is 5.87. The van der Waals surface area contributed by atoms with Crippen molar-refractivity contribution in [3.63, 3.8) is 0 Å². The van der Waals surface area contributed by atoms with E-state index in [0.29, 0.717) is 34.0 Å². The Morgan fingerprint density at radius 1 is 1.26 bits per heavy atom. The molecule has 0 bridgehead atoms. The zero-order valence-corrected chi connectivity index (χ0v) is 11.0. The molecule has 0 aliphatic carbocycles. The highest BCUT2D eigenvalue weighted by Crippen LogP contribution is 2.40. The Morgan fingerprint density at radius 3 is 2.47 bits per heavy atom. The van der Waals surface area contributed by atoms with E-state index in [2.05, 4.69) is 5.10 Å². The molecule has 0 radical (unpaired) electrons. The number of ether oxygens (including phenoxy) is 2. The molecule has 2 aromatic rings. The topological polar surface area (TPSA) is 79.4 Å². The Morgan fingerprint density at radius 2 is 2.00 bits per heavy atom. The van der Waals surface area contributed by atoms with Gasteiger partial charge in [-0.05, 0) is 12.1 Å². The van der Waals surface area contributed by atoms with E-state index in [9.17, 15) is 4.79 Å². The molecule has 0 atom stereocenters. The lowest BCUT2D eigenvalue weighted by Gasteiger charge is -2.13. The number of carbonyl (C=O) groups is 1. The number of anilines is 1. The average Bonchev–Trinajstić information content (AvgIpc) is 2.77. The number of benzene rings is 1. The molecule has 100 valence electrons. The van der Waals surface area contributed by atoms with Gasteiger partial charge < -0.3 is 15.2 Å². The summed E-state index contributed by atoms with van der Waals surface area (Å²) >= 11 is 0. The third kappa shape index (κ3) is 2.12. The van der Waals surface area contributed by atoms with Crippen LogP contribution in [0, 0.1) is 0 Å². The second kappa shape index (κ2) is 5.01. The van der Waals surface area contributed by atoms with Gasteiger partial charge in [0.25, 0.3) is 0 Å². The first kappa shape index (κ1) is 12.9. The number of aryl methyl sites for hydroxylation is 1. The van der Waals surface area contributed by atoms with Gasteiger partial charge in [0.2, 0.25) is 0 Å². The van der Waals surface area contributed by atoms with E-state index in [1.807, 2.05) is 0 Å². The summed E-state index contributed by atoms with van der Waals surface area (Å²) in [5.74, 6) is 1.49. The Balaban J connectivity index is 2.73. The summed E-state index contributed by atoms with van der Waals surface area (Å²) in [4.78, 5) is 11.0. The SMILES string of the molecule is COc1cc(C=O)cc(-c2cnn(C)c2N)c1OC. The van der Waals surface area contributed by atoms with Crippen molar-refractivity contribution in [2.75, 3.05) is 20.0 Å². The molecule has 0 spiro atoms. The molecule has 1 aromatic heterocycles. The molecule has 19 heavy (non-hydrogen) atoms. The van der Waals surface area contributed by atoms with E-state index in [4.69, 9.17) is 15.2 Å². The number of rotatable bonds is 4. The minimum atomic E-state index is 0.477. The molecule has 0 aliphatic heterocycles. The third-order valence-corrected chi connectivity index (χ3v) is 2.91. The van der Waals surface area contributed by atoms with E-state index in [-0.39, 0.29) is 0 Å². The standard InChI is InChI=1S/C13H15N3O3/c1-16-13(14)10(6-15-16)9-4-8(7-17)5-11(18-2)12(9)19-3/h4-7H,14H2,1-3H3. The Hall–Kier alpha value is -2.50. The van der Waals surface area contributed by atoms with Crippen molar-refractivity contribution in [3.05, 3.63) is 23.9 Å². The van der Waals surface area contributed by atoms with Crippen LogP contribution in [0.25, 0.3) is 11.1 Å². The number of hydrogen-bond acceptors (Lipinski definition) is 5. The van der Waals surface area contributed by atoms with E-state index >= 15 is 0 Å². The lowest BCUT2D eigenvalue weighted by molar-refractivity contribution is 0.112. The van der Waals surface area contributed by atoms with Crippen molar-refractivity contribution in [1.29, 1.82) is 0 Å². The first-order valence-corrected chi connectivity index (χ1v) is 5.61. The molecule has 6 nitrogen and oxygen atoms in total. The van der Waals surface area contributed by atoms with Crippen LogP contribution in [0.4, 0.5) is 5.82 Å². The number of hydrogen-bond donors (Lipinski definition) is 1. The molecular formula is C13H15N3O3. The number of carbonyl (C=O) groups excluding carboxylic acids is 1. The lowest BCUT2D eigenvalue weighted by Crippen LogP contribution is -2.00. The van der Waals surface area contributed by atoms with Gasteiger partial charge in [-0.15, -0.1) is 0 Å². The van der Waals surface area contributed by atoms with Gasteiger partial charge >= 0.3 is 0 Å². The molecule has 1 aromatic carbocycles. The summed E-state index contributed by atoms with van der Waals surface area (Å²) in [5, 5.41) is 4.09. The number of nitrogens with two attached hydrogens (primary N) is 1. The average molecular weight is 261 g/mol. The maximum Gasteiger partial charge on any atom is 0.168 e. The molecule has 0 fully saturated rings. The zero-order valence-electron chi connectivity index (χ0n) is 11.0. The Labute approximate surface area is 110 Å². The van der Waals surface area contributed by atoms with Crippen molar-refractivity contribution < 1.29 is 14.3 Å². The number of methoxy groups -OCH3 is 2. The normalized spacial score (nSPS) is 10.3. The van der Waals surface area contributed by atoms with Crippen molar-refractivity contribution in [2.45, 2.75) is 0 Å². The van der Waals surface area contributed by atoms with Crippen molar-refractivity contribution in [1.82, 2.24) is 9.78 Å². The predicted octanol–water partition coefficient (Wildman–Crippen LogP) is 1.50. The van der Waals surface area contributed by atoms with Gasteiger partial charge in [0, 0.05) is 23.7 Å². The van der Waals surface area contributed by atoms with Gasteiger partial charge in [0.05, 0.1) is 20.4 Å². The van der Waals surface area contributed by atoms with Gasteiger partial charge in [0.15, 0.2) is 11.5 Å². The molecule has 6 heteroatoms. The maximum atomic E-state index is 11.0. The Bertz CT molecular complexity index is 620. The summed E-state index contributed by atoms with van der Waals surface area (Å²) in [6, 6.07) is 3.31. The van der Waals surface area contributed by atoms with Gasteiger partial charge in [-0.3, -0.25) is 9.48 Å². The van der Waals surface area contributed by atoms with Gasteiger partial charge in [0.1, 0.15) is 12.1 Å². The largest absolute Gasteiger partial charge is 0.493 e. The molecule has 0 saturated carbocycles. The van der Waals surface area contributed by atoms with Gasteiger partial charge in [-0.1, -0.05) is 0 Å². The van der Waals surface area contributed by atoms with E-state index in [0.717, 1.165) is 6.29 Å². The van der Waals surface area contributed by atoms with Crippen LogP contribution < -0.4 is 15.2 Å². The minimum absolute atomic E-state index is 0.477. The van der Waals surface area contributed by atoms with Crippen LogP contribution in [-0.2, 0) is 7.05 Å². The van der Waals surface area contributed by atoms with E-state index in [1.165, 1.54) is 14.2 Å². The highest BCUT2D eigenvalue weighted by Gasteiger charge is 2.17. The molecule has 2 rings (SSSR count). The van der Waals surface area contributed by atoms with Crippen molar-refractivity contribution in [3.8, 4) is 22.6 Å². The van der Waals surface area contributed by atoms with Crippen molar-refractivity contribution >= 4 is 12.1 Å². The van der Waals surface area contributed by atoms with Crippen molar-refractivity contribution in [2.24, 2.45) is 7.05 Å². The summed E-state index contributed by atoms with van der Waals surface area (Å²) in [6.45, 7) is 0. The third-order valence-electron chi connectivity index (χ3n) is 2.91. The second-order valence-electron chi connectivity index (χ2n) is 3.99. The van der Waals surface area contributed by atoms with Crippen LogP contribution in [0.1, 0.15) is 10.4 Å². The Kier molecular flexibility index (Phi) is 3.41. The first-order chi connectivity index (χ1) is 9.12. The summed E-state index contributed by atoms with van der Waals surface area (Å²) < 4.78 is 12.1. The van der Waals surface area contributed by atoms with Crippen LogP contribution in [0.2, 0.25) is 0 Å². The summed E-state index contributed by atoms with van der Waals surface area (Å²) in [6.07, 6.45) is 2.37. The molecule has 0 saturated heterocycles. The van der Waals surface area contributed by atoms with Gasteiger partial charge in [-0.2, -0.15) is 5.10 Å². The van der Waals surface area contributed by atoms with Gasteiger partial charge in [-0.25, -0.2) is 0 Å². The lowest BCUT2D eigenvalue weighted by atomic mass is 10.0. The quantitative estimate of drug-likeness (QED) is 0.844. The first-order valence-electron chi connectivity index (χ1n) is 5.61. The molecule has 0 unspecified atom stereocenters. The fourth-order valence-electron chi connectivity index (χ4n) is 1.91. The maximum absolute atomic E-state index is 11.0. The fraction of sp³-hybridized carbons (Fsp3) is 0.231. The second-order valence-corrected chi connectivity index (χ2v) is 3.99. The number of nitrogen functional groups attached to an aromatic ring is 1. The van der Waals surface area contributed by atoms with E-state index in [1.54, 1.807) is 30.1 Å². The van der Waals surface area contributed by atoms with Crippen LogP contribution in [-0.4, -0.2) is 30.3 Å². The zero-order chi connectivity index (χ0) is 14.0. The fourth-order valence-corrected chi connectivity index (χ4v) is 1.91.